The van der Waals surface area contributed by atoms with Gasteiger partial charge in [-0.05, 0) is 50.8 Å². The molecule has 1 fully saturated rings. The van der Waals surface area contributed by atoms with Crippen molar-refractivity contribution in [3.63, 3.8) is 0 Å². The first-order valence-electron chi connectivity index (χ1n) is 10.0. The van der Waals surface area contributed by atoms with Crippen LogP contribution in [0.2, 0.25) is 5.02 Å². The summed E-state index contributed by atoms with van der Waals surface area (Å²) in [6, 6.07) is 7.74. The Morgan fingerprint density at radius 3 is 2.66 bits per heavy atom. The summed E-state index contributed by atoms with van der Waals surface area (Å²) >= 11 is 5.91. The van der Waals surface area contributed by atoms with Gasteiger partial charge in [-0.2, -0.15) is 0 Å². The van der Waals surface area contributed by atoms with Gasteiger partial charge in [-0.3, -0.25) is 4.79 Å². The van der Waals surface area contributed by atoms with Crippen LogP contribution in [0.5, 0.6) is 0 Å². The standard InChI is InChI=1S/C22H25ClN4O2/c1-14-15(2)29-22-19(14)20(25-13-26-22)27-11-8-17(9-12-27)21(28)24-10-7-16-3-5-18(23)6-4-16/h3-6,13,17H,7-12H2,1-2H3,(H,24,28). The molecule has 0 aliphatic carbocycles. The van der Waals surface area contributed by atoms with Gasteiger partial charge < -0.3 is 14.6 Å². The van der Waals surface area contributed by atoms with Crippen LogP contribution in [0.4, 0.5) is 5.82 Å². The Hall–Kier alpha value is -2.60. The van der Waals surface area contributed by atoms with E-state index in [1.54, 1.807) is 6.33 Å². The zero-order valence-electron chi connectivity index (χ0n) is 16.7. The molecule has 0 bridgehead atoms. The average molecular weight is 413 g/mol. The molecule has 1 aliphatic rings. The highest BCUT2D eigenvalue weighted by Gasteiger charge is 2.27. The highest BCUT2D eigenvalue weighted by atomic mass is 35.5. The van der Waals surface area contributed by atoms with E-state index in [0.29, 0.717) is 12.3 Å². The third kappa shape index (κ3) is 4.22. The number of halogens is 1. The number of amides is 1. The number of aromatic nitrogens is 2. The van der Waals surface area contributed by atoms with Crippen molar-refractivity contribution in [3.05, 3.63) is 52.5 Å². The normalized spacial score (nSPS) is 15.1. The van der Waals surface area contributed by atoms with E-state index in [2.05, 4.69) is 20.2 Å². The van der Waals surface area contributed by atoms with E-state index in [-0.39, 0.29) is 11.8 Å². The third-order valence-electron chi connectivity index (χ3n) is 5.74. The number of furan rings is 1. The highest BCUT2D eigenvalue weighted by molar-refractivity contribution is 6.30. The topological polar surface area (TPSA) is 71.3 Å². The fourth-order valence-electron chi connectivity index (χ4n) is 3.88. The largest absolute Gasteiger partial charge is 0.443 e. The third-order valence-corrected chi connectivity index (χ3v) is 5.99. The summed E-state index contributed by atoms with van der Waals surface area (Å²) in [6.07, 6.45) is 3.98. The minimum Gasteiger partial charge on any atom is -0.443 e. The summed E-state index contributed by atoms with van der Waals surface area (Å²) in [5.41, 5.74) is 2.88. The molecule has 0 spiro atoms. The maximum atomic E-state index is 12.6. The molecule has 0 atom stereocenters. The van der Waals surface area contributed by atoms with Crippen molar-refractivity contribution in [1.82, 2.24) is 15.3 Å². The number of hydrogen-bond donors (Lipinski definition) is 1. The van der Waals surface area contributed by atoms with Gasteiger partial charge in [0, 0.05) is 36.1 Å². The van der Waals surface area contributed by atoms with Crippen molar-refractivity contribution in [3.8, 4) is 0 Å². The second-order valence-corrected chi connectivity index (χ2v) is 8.03. The van der Waals surface area contributed by atoms with Crippen LogP contribution >= 0.6 is 11.6 Å². The summed E-state index contributed by atoms with van der Waals surface area (Å²) in [5.74, 6) is 1.96. The lowest BCUT2D eigenvalue weighted by Gasteiger charge is -2.32. The van der Waals surface area contributed by atoms with Crippen molar-refractivity contribution in [2.45, 2.75) is 33.1 Å². The molecule has 1 aromatic carbocycles. The number of nitrogens with zero attached hydrogens (tertiary/aromatic N) is 3. The number of fused-ring (bicyclic) bond motifs is 1. The molecular formula is C22H25ClN4O2. The number of anilines is 1. The molecule has 7 heteroatoms. The lowest BCUT2D eigenvalue weighted by molar-refractivity contribution is -0.125. The second kappa shape index (κ2) is 8.41. The lowest BCUT2D eigenvalue weighted by Crippen LogP contribution is -2.41. The summed E-state index contributed by atoms with van der Waals surface area (Å²) in [5, 5.41) is 4.79. The number of piperidine rings is 1. The monoisotopic (exact) mass is 412 g/mol. The molecule has 1 N–H and O–H groups in total. The second-order valence-electron chi connectivity index (χ2n) is 7.59. The van der Waals surface area contributed by atoms with Gasteiger partial charge in [-0.1, -0.05) is 23.7 Å². The van der Waals surface area contributed by atoms with Crippen molar-refractivity contribution in [1.29, 1.82) is 0 Å². The molecule has 6 nitrogen and oxygen atoms in total. The fraction of sp³-hybridized carbons (Fsp3) is 0.409. The number of hydrogen-bond acceptors (Lipinski definition) is 5. The Balaban J connectivity index is 1.32. The van der Waals surface area contributed by atoms with Crippen molar-refractivity contribution < 1.29 is 9.21 Å². The number of nitrogens with one attached hydrogen (secondary N) is 1. The SMILES string of the molecule is Cc1oc2ncnc(N3CCC(C(=O)NCCc4ccc(Cl)cc4)CC3)c2c1C. The zero-order valence-corrected chi connectivity index (χ0v) is 17.5. The van der Waals surface area contributed by atoms with Gasteiger partial charge in [0.15, 0.2) is 0 Å². The zero-order chi connectivity index (χ0) is 20.4. The predicted octanol–water partition coefficient (Wildman–Crippen LogP) is 4.07. The highest BCUT2D eigenvalue weighted by Crippen LogP contribution is 2.32. The van der Waals surface area contributed by atoms with E-state index < -0.39 is 0 Å². The Morgan fingerprint density at radius 2 is 1.93 bits per heavy atom. The molecule has 152 valence electrons. The van der Waals surface area contributed by atoms with E-state index >= 15 is 0 Å². The molecule has 3 heterocycles. The van der Waals surface area contributed by atoms with E-state index in [9.17, 15) is 4.79 Å². The molecular weight excluding hydrogens is 388 g/mol. The number of rotatable bonds is 5. The van der Waals surface area contributed by atoms with Gasteiger partial charge in [0.1, 0.15) is 17.9 Å². The maximum Gasteiger partial charge on any atom is 0.231 e. The van der Waals surface area contributed by atoms with Crippen LogP contribution in [0, 0.1) is 19.8 Å². The van der Waals surface area contributed by atoms with Crippen molar-refractivity contribution >= 4 is 34.4 Å². The molecule has 0 unspecified atom stereocenters. The number of benzene rings is 1. The van der Waals surface area contributed by atoms with Crippen LogP contribution in [0.25, 0.3) is 11.1 Å². The lowest BCUT2D eigenvalue weighted by atomic mass is 9.95. The molecule has 1 amide bonds. The first-order valence-corrected chi connectivity index (χ1v) is 10.4. The van der Waals surface area contributed by atoms with Crippen molar-refractivity contribution in [2.75, 3.05) is 24.5 Å². The number of aryl methyl sites for hydroxylation is 2. The molecule has 0 radical (unpaired) electrons. The van der Waals surface area contributed by atoms with Crippen LogP contribution in [-0.4, -0.2) is 35.5 Å². The van der Waals surface area contributed by atoms with Crippen LogP contribution in [0.3, 0.4) is 0 Å². The van der Waals surface area contributed by atoms with Gasteiger partial charge in [0.05, 0.1) is 5.39 Å². The van der Waals surface area contributed by atoms with Crippen LogP contribution in [-0.2, 0) is 11.2 Å². The fourth-order valence-corrected chi connectivity index (χ4v) is 4.01. The average Bonchev–Trinajstić information content (AvgIpc) is 3.03. The summed E-state index contributed by atoms with van der Waals surface area (Å²) < 4.78 is 5.73. The van der Waals surface area contributed by atoms with Gasteiger partial charge >= 0.3 is 0 Å². The van der Waals surface area contributed by atoms with Gasteiger partial charge in [-0.15, -0.1) is 0 Å². The minimum absolute atomic E-state index is 0.0426. The van der Waals surface area contributed by atoms with Gasteiger partial charge in [0.25, 0.3) is 0 Å². The maximum absolute atomic E-state index is 12.6. The van der Waals surface area contributed by atoms with Crippen LogP contribution in [0.15, 0.2) is 35.0 Å². The Morgan fingerprint density at radius 1 is 1.21 bits per heavy atom. The quantitative estimate of drug-likeness (QED) is 0.684. The molecule has 4 rings (SSSR count). The van der Waals surface area contributed by atoms with Gasteiger partial charge in [0.2, 0.25) is 11.6 Å². The van der Waals surface area contributed by atoms with Gasteiger partial charge in [-0.25, -0.2) is 9.97 Å². The Kier molecular flexibility index (Phi) is 5.72. The molecule has 0 saturated carbocycles. The molecule has 1 saturated heterocycles. The minimum atomic E-state index is 0.0426. The number of carbonyl (C=O) groups is 1. The van der Waals surface area contributed by atoms with E-state index in [1.807, 2.05) is 38.1 Å². The first-order chi connectivity index (χ1) is 14.0. The summed E-state index contributed by atoms with van der Waals surface area (Å²) in [7, 11) is 0. The molecule has 3 aromatic rings. The van der Waals surface area contributed by atoms with E-state index in [0.717, 1.165) is 59.9 Å². The molecule has 29 heavy (non-hydrogen) atoms. The van der Waals surface area contributed by atoms with Crippen molar-refractivity contribution in [2.24, 2.45) is 5.92 Å². The summed E-state index contributed by atoms with van der Waals surface area (Å²) in [6.45, 7) is 6.22. The van der Waals surface area contributed by atoms with Crippen LogP contribution in [0.1, 0.15) is 29.7 Å². The molecule has 1 aliphatic heterocycles. The predicted molar refractivity (Wildman–Crippen MR) is 114 cm³/mol. The van der Waals surface area contributed by atoms with E-state index in [4.69, 9.17) is 16.0 Å². The number of carbonyl (C=O) groups excluding carboxylic acids is 1. The Bertz CT molecular complexity index is 1010. The first kappa shape index (κ1) is 19.7. The van der Waals surface area contributed by atoms with E-state index in [1.165, 1.54) is 5.56 Å². The smallest absolute Gasteiger partial charge is 0.231 e. The Labute approximate surface area is 175 Å². The van der Waals surface area contributed by atoms with Crippen LogP contribution < -0.4 is 10.2 Å². The summed E-state index contributed by atoms with van der Waals surface area (Å²) in [4.78, 5) is 23.6. The molecule has 2 aromatic heterocycles.